The lowest BCUT2D eigenvalue weighted by Crippen LogP contribution is -2.14. The molecule has 4 aromatic rings. The van der Waals surface area contributed by atoms with Crippen LogP contribution in [0.2, 0.25) is 0 Å². The Hall–Kier alpha value is -3.38. The van der Waals surface area contributed by atoms with Crippen LogP contribution in [0.1, 0.15) is 5.56 Å². The molecule has 1 N–H and O–H groups in total. The van der Waals surface area contributed by atoms with E-state index in [0.29, 0.717) is 16.6 Å². The molecule has 28 heavy (non-hydrogen) atoms. The zero-order valence-corrected chi connectivity index (χ0v) is 15.7. The molecule has 0 radical (unpaired) electrons. The molecule has 138 valence electrons. The lowest BCUT2D eigenvalue weighted by atomic mass is 10.2. The predicted octanol–water partition coefficient (Wildman–Crippen LogP) is 4.92. The van der Waals surface area contributed by atoms with Gasteiger partial charge in [-0.15, -0.1) is 10.2 Å². The monoisotopic (exact) mass is 387 g/mol. The van der Waals surface area contributed by atoms with Crippen molar-refractivity contribution in [2.45, 2.75) is 10.9 Å². The van der Waals surface area contributed by atoms with Crippen LogP contribution in [-0.4, -0.2) is 15.2 Å². The third-order valence-corrected chi connectivity index (χ3v) is 4.91. The average molecular weight is 387 g/mol. The van der Waals surface area contributed by atoms with Crippen molar-refractivity contribution in [3.05, 3.63) is 101 Å². The Balaban J connectivity index is 1.44. The average Bonchev–Trinajstić information content (AvgIpc) is 2.74. The Bertz CT molecular complexity index is 1120. The molecule has 0 bridgehead atoms. The van der Waals surface area contributed by atoms with E-state index in [2.05, 4.69) is 15.2 Å². The molecule has 0 unspecified atom stereocenters. The highest BCUT2D eigenvalue weighted by atomic mass is 32.2. The summed E-state index contributed by atoms with van der Waals surface area (Å²) in [5.41, 5.74) is 1.89. The van der Waals surface area contributed by atoms with Crippen LogP contribution < -0.4 is 10.3 Å². The van der Waals surface area contributed by atoms with Gasteiger partial charge in [0.2, 0.25) is 0 Å². The lowest BCUT2D eigenvalue weighted by molar-refractivity contribution is 0.482. The topological polar surface area (TPSA) is 67.9 Å². The van der Waals surface area contributed by atoms with Gasteiger partial charge in [-0.3, -0.25) is 9.78 Å². The summed E-state index contributed by atoms with van der Waals surface area (Å²) in [4.78, 5) is 15.1. The summed E-state index contributed by atoms with van der Waals surface area (Å²) in [7, 11) is 0. The largest absolute Gasteiger partial charge is 0.457 e. The molecule has 0 spiro atoms. The van der Waals surface area contributed by atoms with Crippen molar-refractivity contribution in [3.8, 4) is 22.8 Å². The molecule has 1 aromatic heterocycles. The molecule has 3 aromatic carbocycles. The zero-order chi connectivity index (χ0) is 19.2. The van der Waals surface area contributed by atoms with Gasteiger partial charge < -0.3 is 4.74 Å². The van der Waals surface area contributed by atoms with Crippen molar-refractivity contribution in [3.63, 3.8) is 0 Å². The number of aromatic nitrogens is 3. The number of aromatic amines is 1. The highest BCUT2D eigenvalue weighted by molar-refractivity contribution is 7.98. The van der Waals surface area contributed by atoms with E-state index in [9.17, 15) is 4.79 Å². The molecule has 0 aliphatic rings. The highest BCUT2D eigenvalue weighted by Gasteiger charge is 2.08. The van der Waals surface area contributed by atoms with E-state index in [1.165, 1.54) is 11.8 Å². The van der Waals surface area contributed by atoms with Gasteiger partial charge in [0.25, 0.3) is 5.56 Å². The van der Waals surface area contributed by atoms with Gasteiger partial charge in [0.15, 0.2) is 10.9 Å². The Kier molecular flexibility index (Phi) is 5.49. The third kappa shape index (κ3) is 4.47. The smallest absolute Gasteiger partial charge is 0.278 e. The summed E-state index contributed by atoms with van der Waals surface area (Å²) in [6.07, 6.45) is 0. The Morgan fingerprint density at radius 2 is 1.54 bits per heavy atom. The van der Waals surface area contributed by atoms with Crippen molar-refractivity contribution in [2.24, 2.45) is 0 Å². The number of rotatable bonds is 6. The molecule has 0 amide bonds. The van der Waals surface area contributed by atoms with Crippen LogP contribution in [0.3, 0.4) is 0 Å². The van der Waals surface area contributed by atoms with E-state index in [-0.39, 0.29) is 5.56 Å². The first-order valence-corrected chi connectivity index (χ1v) is 9.73. The summed E-state index contributed by atoms with van der Waals surface area (Å²) in [5.74, 6) is 2.20. The van der Waals surface area contributed by atoms with Gasteiger partial charge >= 0.3 is 0 Å². The number of ether oxygens (including phenoxy) is 1. The standard InChI is InChI=1S/C22H17N3O2S/c26-21-20(17-9-3-1-4-10-17)24-25-22(23-21)28-15-16-8-7-13-19(14-16)27-18-11-5-2-6-12-18/h1-14H,15H2,(H,23,25,26). The molecule has 0 aliphatic carbocycles. The van der Waals surface area contributed by atoms with E-state index in [1.54, 1.807) is 0 Å². The van der Waals surface area contributed by atoms with E-state index < -0.39 is 0 Å². The molecular formula is C22H17N3O2S. The van der Waals surface area contributed by atoms with Crippen LogP contribution in [0.4, 0.5) is 0 Å². The molecule has 0 aliphatic heterocycles. The molecule has 6 heteroatoms. The number of hydrogen-bond donors (Lipinski definition) is 1. The minimum atomic E-state index is -0.245. The van der Waals surface area contributed by atoms with E-state index >= 15 is 0 Å². The number of para-hydroxylation sites is 1. The van der Waals surface area contributed by atoms with Crippen molar-refractivity contribution in [1.29, 1.82) is 0 Å². The van der Waals surface area contributed by atoms with Crippen LogP contribution in [0.25, 0.3) is 11.3 Å². The van der Waals surface area contributed by atoms with E-state index in [4.69, 9.17) is 4.74 Å². The van der Waals surface area contributed by atoms with Gasteiger partial charge in [-0.1, -0.05) is 72.4 Å². The minimum Gasteiger partial charge on any atom is -0.457 e. The fourth-order valence-corrected chi connectivity index (χ4v) is 3.39. The number of thioether (sulfide) groups is 1. The van der Waals surface area contributed by atoms with Crippen LogP contribution >= 0.6 is 11.8 Å². The maximum Gasteiger partial charge on any atom is 0.278 e. The van der Waals surface area contributed by atoms with Gasteiger partial charge in [0, 0.05) is 11.3 Å². The van der Waals surface area contributed by atoms with Gasteiger partial charge in [0.1, 0.15) is 11.5 Å². The van der Waals surface area contributed by atoms with Crippen LogP contribution in [0.15, 0.2) is 94.9 Å². The second kappa shape index (κ2) is 8.54. The number of nitrogens with zero attached hydrogens (tertiary/aromatic N) is 2. The third-order valence-electron chi connectivity index (χ3n) is 3.98. The maximum absolute atomic E-state index is 12.3. The predicted molar refractivity (Wildman–Crippen MR) is 111 cm³/mol. The van der Waals surface area contributed by atoms with Gasteiger partial charge in [-0.25, -0.2) is 0 Å². The van der Waals surface area contributed by atoms with Gasteiger partial charge in [-0.2, -0.15) is 0 Å². The van der Waals surface area contributed by atoms with Crippen molar-refractivity contribution < 1.29 is 4.74 Å². The number of H-pyrrole nitrogens is 1. The van der Waals surface area contributed by atoms with Crippen molar-refractivity contribution >= 4 is 11.8 Å². The Morgan fingerprint density at radius 1 is 0.821 bits per heavy atom. The lowest BCUT2D eigenvalue weighted by Gasteiger charge is -2.07. The number of benzene rings is 3. The van der Waals surface area contributed by atoms with E-state index in [1.807, 2.05) is 84.9 Å². The summed E-state index contributed by atoms with van der Waals surface area (Å²) < 4.78 is 5.86. The first kappa shape index (κ1) is 18.0. The summed E-state index contributed by atoms with van der Waals surface area (Å²) in [6.45, 7) is 0. The molecule has 1 heterocycles. The quantitative estimate of drug-likeness (QED) is 0.476. The first-order chi connectivity index (χ1) is 13.8. The fraction of sp³-hybridized carbons (Fsp3) is 0.0455. The van der Waals surface area contributed by atoms with Crippen molar-refractivity contribution in [1.82, 2.24) is 15.2 Å². The zero-order valence-electron chi connectivity index (χ0n) is 14.9. The molecule has 0 saturated carbocycles. The molecule has 5 nitrogen and oxygen atoms in total. The second-order valence-electron chi connectivity index (χ2n) is 6.03. The minimum absolute atomic E-state index is 0.245. The number of hydrogen-bond acceptors (Lipinski definition) is 5. The molecule has 0 saturated heterocycles. The highest BCUT2D eigenvalue weighted by Crippen LogP contribution is 2.25. The molecule has 0 fully saturated rings. The second-order valence-corrected chi connectivity index (χ2v) is 6.99. The summed E-state index contributed by atoms with van der Waals surface area (Å²) in [6, 6.07) is 26.8. The summed E-state index contributed by atoms with van der Waals surface area (Å²) >= 11 is 1.42. The molecular weight excluding hydrogens is 370 g/mol. The van der Waals surface area contributed by atoms with Crippen LogP contribution in [-0.2, 0) is 5.75 Å². The number of nitrogens with one attached hydrogen (secondary N) is 1. The van der Waals surface area contributed by atoms with Gasteiger partial charge in [-0.05, 0) is 29.8 Å². The molecule has 4 rings (SSSR count). The van der Waals surface area contributed by atoms with E-state index in [0.717, 1.165) is 22.6 Å². The SMILES string of the molecule is O=c1[nH]c(SCc2cccc(Oc3ccccc3)c2)nnc1-c1ccccc1. The van der Waals surface area contributed by atoms with Crippen LogP contribution in [0, 0.1) is 0 Å². The van der Waals surface area contributed by atoms with Crippen molar-refractivity contribution in [2.75, 3.05) is 0 Å². The maximum atomic E-state index is 12.3. The van der Waals surface area contributed by atoms with Gasteiger partial charge in [0.05, 0.1) is 0 Å². The first-order valence-electron chi connectivity index (χ1n) is 8.75. The fourth-order valence-electron chi connectivity index (χ4n) is 2.65. The normalized spacial score (nSPS) is 10.6. The van der Waals surface area contributed by atoms with Crippen LogP contribution in [0.5, 0.6) is 11.5 Å². The summed E-state index contributed by atoms with van der Waals surface area (Å²) in [5, 5.41) is 8.73. The molecule has 0 atom stereocenters. The Morgan fingerprint density at radius 3 is 2.29 bits per heavy atom. The Labute approximate surface area is 166 Å².